The summed E-state index contributed by atoms with van der Waals surface area (Å²) in [5.41, 5.74) is 10.6. The number of rotatable bonds is 3. The number of nitrogens with one attached hydrogen (secondary N) is 1. The molecule has 3 heterocycles. The molecule has 0 bridgehead atoms. The molecule has 0 saturated carbocycles. The van der Waals surface area contributed by atoms with Crippen molar-refractivity contribution in [3.8, 4) is 11.1 Å². The van der Waals surface area contributed by atoms with Gasteiger partial charge in [-0.2, -0.15) is 0 Å². The van der Waals surface area contributed by atoms with Gasteiger partial charge in [-0.15, -0.1) is 0 Å². The van der Waals surface area contributed by atoms with Crippen molar-refractivity contribution >= 4 is 33.6 Å². The van der Waals surface area contributed by atoms with Crippen molar-refractivity contribution < 1.29 is 18.8 Å². The van der Waals surface area contributed by atoms with Gasteiger partial charge in [0.05, 0.1) is 24.4 Å². The van der Waals surface area contributed by atoms with Crippen LogP contribution in [0.4, 0.5) is 0 Å². The average molecular weight is 404 g/mol. The van der Waals surface area contributed by atoms with Gasteiger partial charge >= 0.3 is 0 Å². The minimum Gasteiger partial charge on any atom is -0.378 e. The van der Waals surface area contributed by atoms with Gasteiger partial charge in [0, 0.05) is 51.6 Å². The number of H-pyrrole nitrogens is 1. The quantitative estimate of drug-likeness (QED) is 0.545. The van der Waals surface area contributed by atoms with Gasteiger partial charge in [0.2, 0.25) is 5.91 Å². The van der Waals surface area contributed by atoms with Crippen LogP contribution in [0, 0.1) is 6.92 Å². The van der Waals surface area contributed by atoms with E-state index in [1.54, 1.807) is 23.3 Å². The van der Waals surface area contributed by atoms with E-state index in [1.165, 1.54) is 0 Å². The number of nitrogens with zero attached hydrogens (tertiary/aromatic N) is 2. The molecule has 1 aliphatic rings. The van der Waals surface area contributed by atoms with Crippen LogP contribution in [-0.4, -0.2) is 53.2 Å². The molecule has 0 unspecified atom stereocenters. The number of carbonyl (C=O) groups excluding carboxylic acids is 2. The van der Waals surface area contributed by atoms with Gasteiger partial charge < -0.3 is 24.9 Å². The van der Waals surface area contributed by atoms with Gasteiger partial charge in [0.15, 0.2) is 0 Å². The van der Waals surface area contributed by atoms with Gasteiger partial charge in [-0.25, -0.2) is 0 Å². The first kappa shape index (κ1) is 18.4. The zero-order chi connectivity index (χ0) is 20.8. The van der Waals surface area contributed by atoms with E-state index in [-0.39, 0.29) is 5.91 Å². The monoisotopic (exact) mass is 404 g/mol. The second-order valence-electron chi connectivity index (χ2n) is 7.38. The smallest absolute Gasteiger partial charge is 0.254 e. The largest absolute Gasteiger partial charge is 0.378 e. The molecule has 0 spiro atoms. The van der Waals surface area contributed by atoms with Gasteiger partial charge in [-0.05, 0) is 31.2 Å². The SMILES string of the molecule is Cc1nocc1-c1ccc(C(N)=O)c2c1[nH]c1ccc(C(=O)N3CCOCC3)cc12. The Labute approximate surface area is 171 Å². The molecule has 8 nitrogen and oxygen atoms in total. The number of benzene rings is 2. The number of fused-ring (bicyclic) bond motifs is 3. The summed E-state index contributed by atoms with van der Waals surface area (Å²) >= 11 is 0. The van der Waals surface area contributed by atoms with Crippen LogP contribution in [-0.2, 0) is 4.74 Å². The van der Waals surface area contributed by atoms with Gasteiger partial charge in [0.1, 0.15) is 6.26 Å². The van der Waals surface area contributed by atoms with Gasteiger partial charge in [-0.3, -0.25) is 9.59 Å². The highest BCUT2D eigenvalue weighted by Gasteiger charge is 2.22. The van der Waals surface area contributed by atoms with Crippen molar-refractivity contribution in [1.82, 2.24) is 15.0 Å². The fourth-order valence-electron chi connectivity index (χ4n) is 4.07. The van der Waals surface area contributed by atoms with Crippen LogP contribution >= 0.6 is 0 Å². The van der Waals surface area contributed by atoms with Crippen LogP contribution in [0.5, 0.6) is 0 Å². The van der Waals surface area contributed by atoms with E-state index < -0.39 is 5.91 Å². The Morgan fingerprint density at radius 3 is 2.63 bits per heavy atom. The predicted molar refractivity (Wildman–Crippen MR) is 111 cm³/mol. The third-order valence-electron chi connectivity index (χ3n) is 5.60. The molecule has 0 atom stereocenters. The maximum atomic E-state index is 13.0. The number of hydrogen-bond acceptors (Lipinski definition) is 5. The lowest BCUT2D eigenvalue weighted by molar-refractivity contribution is 0.0303. The minimum absolute atomic E-state index is 0.0544. The highest BCUT2D eigenvalue weighted by Crippen LogP contribution is 2.37. The van der Waals surface area contributed by atoms with Crippen LogP contribution in [0.3, 0.4) is 0 Å². The third-order valence-corrected chi connectivity index (χ3v) is 5.60. The van der Waals surface area contributed by atoms with Crippen molar-refractivity contribution in [3.63, 3.8) is 0 Å². The number of aromatic nitrogens is 2. The first-order valence-electron chi connectivity index (χ1n) is 9.71. The second kappa shape index (κ2) is 7.00. The number of aryl methyl sites for hydroxylation is 1. The Morgan fingerprint density at radius 2 is 1.93 bits per heavy atom. The van der Waals surface area contributed by atoms with Crippen LogP contribution in [0.25, 0.3) is 32.9 Å². The summed E-state index contributed by atoms with van der Waals surface area (Å²) in [6.07, 6.45) is 1.58. The number of aromatic amines is 1. The molecule has 1 saturated heterocycles. The first-order chi connectivity index (χ1) is 14.5. The molecule has 5 rings (SSSR count). The van der Waals surface area contributed by atoms with Gasteiger partial charge in [0.25, 0.3) is 5.91 Å². The topological polar surface area (TPSA) is 114 Å². The van der Waals surface area contributed by atoms with E-state index in [4.69, 9.17) is 15.0 Å². The molecule has 2 aromatic heterocycles. The summed E-state index contributed by atoms with van der Waals surface area (Å²) in [7, 11) is 0. The summed E-state index contributed by atoms with van der Waals surface area (Å²) < 4.78 is 10.4. The van der Waals surface area contributed by atoms with E-state index in [2.05, 4.69) is 10.1 Å². The Bertz CT molecular complexity index is 1300. The number of amides is 2. The molecular weight excluding hydrogens is 384 g/mol. The van der Waals surface area contributed by atoms with Crippen LogP contribution in [0.2, 0.25) is 0 Å². The molecule has 1 fully saturated rings. The average Bonchev–Trinajstić information content (AvgIpc) is 3.36. The Kier molecular flexibility index (Phi) is 4.29. The number of nitrogens with two attached hydrogens (primary N) is 1. The fourth-order valence-corrected chi connectivity index (χ4v) is 4.07. The van der Waals surface area contributed by atoms with Crippen LogP contribution in [0.15, 0.2) is 41.1 Å². The molecular formula is C22H20N4O4. The highest BCUT2D eigenvalue weighted by atomic mass is 16.5. The van der Waals surface area contributed by atoms with E-state index in [0.29, 0.717) is 42.8 Å². The van der Waals surface area contributed by atoms with Crippen molar-refractivity contribution in [3.05, 3.63) is 53.4 Å². The zero-order valence-electron chi connectivity index (χ0n) is 16.4. The van der Waals surface area contributed by atoms with E-state index in [9.17, 15) is 9.59 Å². The van der Waals surface area contributed by atoms with Crippen molar-refractivity contribution in [2.24, 2.45) is 5.73 Å². The summed E-state index contributed by atoms with van der Waals surface area (Å²) in [5, 5.41) is 5.42. The molecule has 0 aliphatic carbocycles. The fraction of sp³-hybridized carbons (Fsp3) is 0.227. The lowest BCUT2D eigenvalue weighted by Crippen LogP contribution is -2.40. The lowest BCUT2D eigenvalue weighted by Gasteiger charge is -2.26. The first-order valence-corrected chi connectivity index (χ1v) is 9.71. The summed E-state index contributed by atoms with van der Waals surface area (Å²) in [4.78, 5) is 30.3. The minimum atomic E-state index is -0.528. The Balaban J connectivity index is 1.73. The number of hydrogen-bond donors (Lipinski definition) is 2. The van der Waals surface area contributed by atoms with E-state index >= 15 is 0 Å². The maximum Gasteiger partial charge on any atom is 0.254 e. The van der Waals surface area contributed by atoms with Crippen molar-refractivity contribution in [1.29, 1.82) is 0 Å². The molecule has 0 radical (unpaired) electrons. The predicted octanol–water partition coefficient (Wildman–Crippen LogP) is 2.86. The number of morpholine rings is 1. The number of carbonyl (C=O) groups is 2. The van der Waals surface area contributed by atoms with Crippen LogP contribution in [0.1, 0.15) is 26.4 Å². The lowest BCUT2D eigenvalue weighted by atomic mass is 9.98. The maximum absolute atomic E-state index is 13.0. The molecule has 3 N–H and O–H groups in total. The molecule has 2 aromatic carbocycles. The number of ether oxygens (including phenoxy) is 1. The van der Waals surface area contributed by atoms with E-state index in [0.717, 1.165) is 33.2 Å². The number of primary amides is 1. The normalized spacial score (nSPS) is 14.5. The van der Waals surface area contributed by atoms with E-state index in [1.807, 2.05) is 25.1 Å². The molecule has 152 valence electrons. The molecule has 30 heavy (non-hydrogen) atoms. The highest BCUT2D eigenvalue weighted by molar-refractivity contribution is 6.21. The van der Waals surface area contributed by atoms with Crippen molar-refractivity contribution in [2.45, 2.75) is 6.92 Å². The van der Waals surface area contributed by atoms with Crippen LogP contribution < -0.4 is 5.73 Å². The molecule has 4 aromatic rings. The zero-order valence-corrected chi connectivity index (χ0v) is 16.4. The Hall–Kier alpha value is -3.65. The second-order valence-corrected chi connectivity index (χ2v) is 7.38. The molecule has 2 amide bonds. The van der Waals surface area contributed by atoms with Crippen molar-refractivity contribution in [2.75, 3.05) is 26.3 Å². The summed E-state index contributed by atoms with van der Waals surface area (Å²) in [5.74, 6) is -0.583. The summed E-state index contributed by atoms with van der Waals surface area (Å²) in [6, 6.07) is 9.01. The third kappa shape index (κ3) is 2.84. The summed E-state index contributed by atoms with van der Waals surface area (Å²) in [6.45, 7) is 4.06. The molecule has 1 aliphatic heterocycles. The molecule has 8 heteroatoms. The standard InChI is InChI=1S/C22H20N4O4/c1-12-17(11-30-25-12)14-3-4-15(21(23)27)19-16-10-13(2-5-18(16)24-20(14)19)22(28)26-6-8-29-9-7-26/h2-5,10-11,24H,6-9H2,1H3,(H2,23,27). The van der Waals surface area contributed by atoms with Gasteiger partial charge in [-0.1, -0.05) is 11.2 Å². The Morgan fingerprint density at radius 1 is 1.13 bits per heavy atom.